The summed E-state index contributed by atoms with van der Waals surface area (Å²) >= 11 is 0. The van der Waals surface area contributed by atoms with Crippen LogP contribution in [0.5, 0.6) is 11.5 Å². The molecule has 2 N–H and O–H groups in total. The molecule has 2 aromatic heterocycles. The number of aromatic nitrogens is 4. The Morgan fingerprint density at radius 2 is 1.77 bits per heavy atom. The summed E-state index contributed by atoms with van der Waals surface area (Å²) in [4.78, 5) is 20.6. The van der Waals surface area contributed by atoms with Gasteiger partial charge in [-0.2, -0.15) is 5.10 Å². The van der Waals surface area contributed by atoms with Crippen LogP contribution in [0.25, 0.3) is 22.3 Å². The monoisotopic (exact) mass is 399 g/mol. The van der Waals surface area contributed by atoms with Crippen LogP contribution in [0.15, 0.2) is 60.9 Å². The first-order valence-electron chi connectivity index (χ1n) is 10.0. The Morgan fingerprint density at radius 3 is 2.53 bits per heavy atom. The Hall–Kier alpha value is -3.74. The fourth-order valence-corrected chi connectivity index (χ4v) is 3.97. The molecule has 0 unspecified atom stereocenters. The Balaban J connectivity index is 1.53. The molecular formula is C23H21N5O2. The number of ketones is 1. The summed E-state index contributed by atoms with van der Waals surface area (Å²) < 4.78 is 7.74. The van der Waals surface area contributed by atoms with Crippen molar-refractivity contribution in [3.63, 3.8) is 0 Å². The van der Waals surface area contributed by atoms with E-state index in [1.165, 1.54) is 6.33 Å². The zero-order chi connectivity index (χ0) is 20.5. The standard InChI is InChI=1S/C23H21N5O2/c24-22-20-21(15-9-11-19(12-10-15)30-18-7-2-1-3-8-18)27-28(23(20)26-14-25-22)16-5-4-6-17(29)13-16/h1-3,7-12,14,16H,4-6,13H2,(H2,24,25,26)/t16-/m1/s1. The zero-order valence-electron chi connectivity index (χ0n) is 16.4. The number of anilines is 1. The second-order valence-corrected chi connectivity index (χ2v) is 7.48. The second kappa shape index (κ2) is 7.59. The van der Waals surface area contributed by atoms with Crippen molar-refractivity contribution in [2.45, 2.75) is 31.7 Å². The lowest BCUT2D eigenvalue weighted by molar-refractivity contribution is -0.121. The highest BCUT2D eigenvalue weighted by molar-refractivity contribution is 5.98. The molecule has 7 nitrogen and oxygen atoms in total. The van der Waals surface area contributed by atoms with E-state index in [1.807, 2.05) is 59.3 Å². The highest BCUT2D eigenvalue weighted by atomic mass is 16.5. The molecule has 0 spiro atoms. The number of carbonyl (C=O) groups is 1. The molecule has 4 aromatic rings. The summed E-state index contributed by atoms with van der Waals surface area (Å²) in [7, 11) is 0. The Morgan fingerprint density at radius 1 is 1.00 bits per heavy atom. The van der Waals surface area contributed by atoms with Crippen LogP contribution in [0.2, 0.25) is 0 Å². The van der Waals surface area contributed by atoms with E-state index >= 15 is 0 Å². The average molecular weight is 399 g/mol. The predicted octanol–water partition coefficient (Wildman–Crippen LogP) is 4.55. The molecule has 2 heterocycles. The maximum Gasteiger partial charge on any atom is 0.164 e. The molecule has 1 saturated carbocycles. The van der Waals surface area contributed by atoms with E-state index in [0.717, 1.165) is 29.9 Å². The Bertz CT molecular complexity index is 1200. The van der Waals surface area contributed by atoms with Crippen LogP contribution in [0.1, 0.15) is 31.7 Å². The quantitative estimate of drug-likeness (QED) is 0.541. The van der Waals surface area contributed by atoms with E-state index in [4.69, 9.17) is 15.6 Å². The highest BCUT2D eigenvalue weighted by Gasteiger charge is 2.26. The van der Waals surface area contributed by atoms with Gasteiger partial charge in [0.15, 0.2) is 5.65 Å². The molecule has 0 radical (unpaired) electrons. The molecule has 5 rings (SSSR count). The van der Waals surface area contributed by atoms with Crippen LogP contribution in [-0.2, 0) is 4.79 Å². The number of nitrogens with two attached hydrogens (primary N) is 1. The van der Waals surface area contributed by atoms with E-state index in [-0.39, 0.29) is 11.8 Å². The minimum absolute atomic E-state index is 0.00233. The van der Waals surface area contributed by atoms with Gasteiger partial charge in [-0.15, -0.1) is 0 Å². The number of nitrogen functional groups attached to an aromatic ring is 1. The fourth-order valence-electron chi connectivity index (χ4n) is 3.97. The lowest BCUT2D eigenvalue weighted by Crippen LogP contribution is -2.20. The van der Waals surface area contributed by atoms with Crippen molar-refractivity contribution in [2.75, 3.05) is 5.73 Å². The maximum atomic E-state index is 12.0. The van der Waals surface area contributed by atoms with E-state index in [2.05, 4.69) is 9.97 Å². The molecule has 0 bridgehead atoms. The summed E-state index contributed by atoms with van der Waals surface area (Å²) in [5, 5.41) is 5.55. The molecule has 1 aliphatic rings. The number of benzene rings is 2. The van der Waals surface area contributed by atoms with Crippen LogP contribution >= 0.6 is 0 Å². The molecule has 1 atom stereocenters. The van der Waals surface area contributed by atoms with Gasteiger partial charge in [0.2, 0.25) is 0 Å². The van der Waals surface area contributed by atoms with E-state index in [1.54, 1.807) is 0 Å². The molecule has 0 amide bonds. The van der Waals surface area contributed by atoms with Crippen LogP contribution in [0, 0.1) is 0 Å². The molecule has 30 heavy (non-hydrogen) atoms. The minimum Gasteiger partial charge on any atom is -0.457 e. The van der Waals surface area contributed by atoms with Crippen molar-refractivity contribution in [1.82, 2.24) is 19.7 Å². The van der Waals surface area contributed by atoms with Crippen molar-refractivity contribution in [3.05, 3.63) is 60.9 Å². The van der Waals surface area contributed by atoms with Crippen molar-refractivity contribution in [2.24, 2.45) is 0 Å². The van der Waals surface area contributed by atoms with Gasteiger partial charge in [-0.25, -0.2) is 14.6 Å². The lowest BCUT2D eigenvalue weighted by Gasteiger charge is -2.21. The summed E-state index contributed by atoms with van der Waals surface area (Å²) in [5.41, 5.74) is 8.48. The third-order valence-electron chi connectivity index (χ3n) is 5.43. The Labute approximate surface area is 173 Å². The first-order valence-corrected chi connectivity index (χ1v) is 10.0. The van der Waals surface area contributed by atoms with Crippen molar-refractivity contribution < 1.29 is 9.53 Å². The van der Waals surface area contributed by atoms with Crippen molar-refractivity contribution >= 4 is 22.6 Å². The SMILES string of the molecule is Nc1ncnc2c1c(-c1ccc(Oc3ccccc3)cc1)nn2[C@@H]1CCCC(=O)C1. The topological polar surface area (TPSA) is 95.9 Å². The zero-order valence-corrected chi connectivity index (χ0v) is 16.4. The van der Waals surface area contributed by atoms with Gasteiger partial charge in [-0.1, -0.05) is 18.2 Å². The number of fused-ring (bicyclic) bond motifs is 1. The molecule has 150 valence electrons. The van der Waals surface area contributed by atoms with Crippen LogP contribution in [0.4, 0.5) is 5.82 Å². The highest BCUT2D eigenvalue weighted by Crippen LogP contribution is 2.35. The molecule has 2 aromatic carbocycles. The lowest BCUT2D eigenvalue weighted by atomic mass is 9.94. The van der Waals surface area contributed by atoms with Crippen LogP contribution in [0.3, 0.4) is 0 Å². The van der Waals surface area contributed by atoms with Crippen LogP contribution in [-0.4, -0.2) is 25.5 Å². The van der Waals surface area contributed by atoms with Crippen molar-refractivity contribution in [1.29, 1.82) is 0 Å². The Kier molecular flexibility index (Phi) is 4.63. The van der Waals surface area contributed by atoms with Gasteiger partial charge in [-0.05, 0) is 49.2 Å². The van der Waals surface area contributed by atoms with E-state index in [0.29, 0.717) is 35.4 Å². The molecule has 0 aliphatic heterocycles. The summed E-state index contributed by atoms with van der Waals surface area (Å²) in [5.74, 6) is 2.16. The second-order valence-electron chi connectivity index (χ2n) is 7.48. The van der Waals surface area contributed by atoms with Gasteiger partial charge in [0.25, 0.3) is 0 Å². The number of nitrogens with zero attached hydrogens (tertiary/aromatic N) is 4. The first-order chi connectivity index (χ1) is 14.7. The third kappa shape index (κ3) is 3.39. The minimum atomic E-state index is -0.00233. The van der Waals surface area contributed by atoms with Gasteiger partial charge >= 0.3 is 0 Å². The van der Waals surface area contributed by atoms with Gasteiger partial charge < -0.3 is 10.5 Å². The van der Waals surface area contributed by atoms with E-state index in [9.17, 15) is 4.79 Å². The number of hydrogen-bond donors (Lipinski definition) is 1. The number of hydrogen-bond acceptors (Lipinski definition) is 6. The van der Waals surface area contributed by atoms with E-state index < -0.39 is 0 Å². The average Bonchev–Trinajstić information content (AvgIpc) is 3.16. The molecule has 1 aliphatic carbocycles. The summed E-state index contributed by atoms with van der Waals surface area (Å²) in [6.45, 7) is 0. The molecule has 7 heteroatoms. The summed E-state index contributed by atoms with van der Waals surface area (Å²) in [6.07, 6.45) is 4.33. The molecular weight excluding hydrogens is 378 g/mol. The number of rotatable bonds is 4. The van der Waals surface area contributed by atoms with Gasteiger partial charge in [0.1, 0.15) is 35.1 Å². The van der Waals surface area contributed by atoms with Gasteiger partial charge in [-0.3, -0.25) is 4.79 Å². The predicted molar refractivity (Wildman–Crippen MR) is 114 cm³/mol. The maximum absolute atomic E-state index is 12.0. The number of ether oxygens (including phenoxy) is 1. The third-order valence-corrected chi connectivity index (χ3v) is 5.43. The van der Waals surface area contributed by atoms with Gasteiger partial charge in [0, 0.05) is 18.4 Å². The van der Waals surface area contributed by atoms with Crippen molar-refractivity contribution in [3.8, 4) is 22.8 Å². The molecule has 0 saturated heterocycles. The normalized spacial score (nSPS) is 16.7. The number of Topliss-reactive ketones (excluding diaryl/α,β-unsaturated/α-hetero) is 1. The first kappa shape index (κ1) is 18.3. The molecule has 1 fully saturated rings. The smallest absolute Gasteiger partial charge is 0.164 e. The van der Waals surface area contributed by atoms with Gasteiger partial charge in [0.05, 0.1) is 11.4 Å². The fraction of sp³-hybridized carbons (Fsp3) is 0.217. The number of carbonyl (C=O) groups excluding carboxylic acids is 1. The summed E-state index contributed by atoms with van der Waals surface area (Å²) in [6, 6.07) is 17.3. The number of para-hydroxylation sites is 1. The van der Waals surface area contributed by atoms with Crippen LogP contribution < -0.4 is 10.5 Å². The largest absolute Gasteiger partial charge is 0.457 e.